The molecule has 0 aromatic heterocycles. The van der Waals surface area contributed by atoms with Crippen molar-refractivity contribution in [2.75, 3.05) is 19.8 Å². The van der Waals surface area contributed by atoms with E-state index < -0.39 is 10.0 Å². The highest BCUT2D eigenvalue weighted by molar-refractivity contribution is 7.89. The highest BCUT2D eigenvalue weighted by atomic mass is 35.5. The molecule has 0 aliphatic carbocycles. The predicted octanol–water partition coefficient (Wildman–Crippen LogP) is 0.677. The third kappa shape index (κ3) is 3.07. The highest BCUT2D eigenvalue weighted by Gasteiger charge is 2.18. The molecule has 0 unspecified atom stereocenters. The van der Waals surface area contributed by atoms with E-state index in [4.69, 9.17) is 17.3 Å². The largest absolute Gasteiger partial charge is 0.399 e. The molecule has 0 saturated carbocycles. The number of anilines is 1. The van der Waals surface area contributed by atoms with Gasteiger partial charge in [-0.1, -0.05) is 11.6 Å². The number of benzene rings is 1. The number of nitrogens with two attached hydrogens (primary N) is 1. The number of sulfonamides is 1. The molecular formula is C8H12ClN3O2S. The molecule has 0 atom stereocenters. The van der Waals surface area contributed by atoms with Crippen LogP contribution in [0.1, 0.15) is 0 Å². The average Bonchev–Trinajstić information content (AvgIpc) is 1.99. The van der Waals surface area contributed by atoms with E-state index >= 15 is 0 Å². The van der Waals surface area contributed by atoms with Crippen molar-refractivity contribution in [2.45, 2.75) is 4.90 Å². The molecule has 0 fully saturated rings. The molecule has 0 heterocycles. The predicted molar refractivity (Wildman–Crippen MR) is 59.9 cm³/mol. The number of nitrogens with zero attached hydrogens (tertiary/aromatic N) is 1. The van der Waals surface area contributed by atoms with Crippen LogP contribution in [0.25, 0.3) is 0 Å². The first kappa shape index (κ1) is 12.3. The molecule has 1 rings (SSSR count). The molecular weight excluding hydrogens is 238 g/mol. The second-order valence-electron chi connectivity index (χ2n) is 3.18. The monoisotopic (exact) mass is 249 g/mol. The molecule has 0 aliphatic heterocycles. The second-order valence-corrected chi connectivity index (χ2v) is 5.22. The zero-order valence-corrected chi connectivity index (χ0v) is 9.93. The molecule has 15 heavy (non-hydrogen) atoms. The Morgan fingerprint density at radius 2 is 2.00 bits per heavy atom. The van der Waals surface area contributed by atoms with Crippen molar-refractivity contribution in [3.05, 3.63) is 23.2 Å². The van der Waals surface area contributed by atoms with Crippen LogP contribution >= 0.6 is 11.6 Å². The summed E-state index contributed by atoms with van der Waals surface area (Å²) in [4.78, 5) is 2.28. The lowest BCUT2D eigenvalue weighted by atomic mass is 10.3. The van der Waals surface area contributed by atoms with Gasteiger partial charge in [-0.2, -0.15) is 0 Å². The summed E-state index contributed by atoms with van der Waals surface area (Å²) in [5.41, 5.74) is 5.88. The minimum Gasteiger partial charge on any atom is -0.399 e. The molecule has 0 aliphatic rings. The van der Waals surface area contributed by atoms with Gasteiger partial charge in [-0.3, -0.25) is 0 Å². The van der Waals surface area contributed by atoms with E-state index in [1.54, 1.807) is 14.1 Å². The standard InChI is InChI=1S/C8H12ClN3O2S/c1-12(2)11-15(13,14)8-4-3-6(10)5-7(8)9/h3-5,11H,10H2,1-2H3. The van der Waals surface area contributed by atoms with Gasteiger partial charge in [0.25, 0.3) is 10.0 Å². The van der Waals surface area contributed by atoms with Gasteiger partial charge in [-0.15, -0.1) is 4.83 Å². The van der Waals surface area contributed by atoms with Gasteiger partial charge < -0.3 is 5.73 Å². The lowest BCUT2D eigenvalue weighted by molar-refractivity contribution is 0.364. The number of hydrogen-bond acceptors (Lipinski definition) is 4. The van der Waals surface area contributed by atoms with Gasteiger partial charge >= 0.3 is 0 Å². The Labute approximate surface area is 93.8 Å². The molecule has 0 amide bonds. The van der Waals surface area contributed by atoms with Crippen LogP contribution in [0.4, 0.5) is 5.69 Å². The second kappa shape index (κ2) is 4.36. The van der Waals surface area contributed by atoms with Crippen molar-refractivity contribution in [1.82, 2.24) is 9.84 Å². The van der Waals surface area contributed by atoms with Gasteiger partial charge in [0.2, 0.25) is 0 Å². The van der Waals surface area contributed by atoms with Gasteiger partial charge in [0.15, 0.2) is 0 Å². The van der Waals surface area contributed by atoms with Crippen molar-refractivity contribution in [3.63, 3.8) is 0 Å². The molecule has 0 radical (unpaired) electrons. The molecule has 3 N–H and O–H groups in total. The molecule has 84 valence electrons. The van der Waals surface area contributed by atoms with Crippen molar-refractivity contribution in [1.29, 1.82) is 0 Å². The Morgan fingerprint density at radius 1 is 1.40 bits per heavy atom. The molecule has 1 aromatic carbocycles. The number of hydrazine groups is 1. The summed E-state index contributed by atoms with van der Waals surface area (Å²) in [6, 6.07) is 4.24. The quantitative estimate of drug-likeness (QED) is 0.610. The third-order valence-electron chi connectivity index (χ3n) is 1.55. The average molecular weight is 250 g/mol. The first-order valence-electron chi connectivity index (χ1n) is 4.08. The van der Waals surface area contributed by atoms with Crippen molar-refractivity contribution in [3.8, 4) is 0 Å². The number of hydrogen-bond donors (Lipinski definition) is 2. The zero-order chi connectivity index (χ0) is 11.6. The molecule has 0 saturated heterocycles. The zero-order valence-electron chi connectivity index (χ0n) is 8.36. The van der Waals surface area contributed by atoms with Crippen LogP contribution in [0.5, 0.6) is 0 Å². The fraction of sp³-hybridized carbons (Fsp3) is 0.250. The maximum atomic E-state index is 11.7. The smallest absolute Gasteiger partial charge is 0.254 e. The molecule has 0 bridgehead atoms. The topological polar surface area (TPSA) is 75.4 Å². The fourth-order valence-corrected chi connectivity index (χ4v) is 2.66. The Hall–Kier alpha value is -0.820. The van der Waals surface area contributed by atoms with Gasteiger partial charge in [0.05, 0.1) is 5.02 Å². The number of nitrogens with one attached hydrogen (secondary N) is 1. The van der Waals surface area contributed by atoms with Gasteiger partial charge in [0, 0.05) is 19.8 Å². The van der Waals surface area contributed by atoms with Crippen LogP contribution in [0.3, 0.4) is 0 Å². The molecule has 0 spiro atoms. The summed E-state index contributed by atoms with van der Waals surface area (Å²) in [5.74, 6) is 0. The normalized spacial score (nSPS) is 12.0. The van der Waals surface area contributed by atoms with E-state index in [2.05, 4.69) is 4.83 Å². The number of rotatable bonds is 3. The Bertz CT molecular complexity index is 459. The molecule has 5 nitrogen and oxygen atoms in total. The SMILES string of the molecule is CN(C)NS(=O)(=O)c1ccc(N)cc1Cl. The Balaban J connectivity index is 3.16. The summed E-state index contributed by atoms with van der Waals surface area (Å²) in [6.07, 6.45) is 0. The summed E-state index contributed by atoms with van der Waals surface area (Å²) in [7, 11) is -0.474. The van der Waals surface area contributed by atoms with Gasteiger partial charge in [0.1, 0.15) is 4.90 Å². The van der Waals surface area contributed by atoms with Crippen LogP contribution in [0.2, 0.25) is 5.02 Å². The van der Waals surface area contributed by atoms with Crippen LogP contribution in [0, 0.1) is 0 Å². The maximum Gasteiger partial charge on any atom is 0.254 e. The first-order valence-corrected chi connectivity index (χ1v) is 5.94. The fourth-order valence-electron chi connectivity index (χ4n) is 1.02. The van der Waals surface area contributed by atoms with Crippen LogP contribution < -0.4 is 10.6 Å². The molecule has 7 heteroatoms. The van der Waals surface area contributed by atoms with Gasteiger partial charge in [-0.25, -0.2) is 13.4 Å². The van der Waals surface area contributed by atoms with E-state index in [1.165, 1.54) is 23.2 Å². The van der Waals surface area contributed by atoms with Crippen LogP contribution in [0.15, 0.2) is 23.1 Å². The minimum atomic E-state index is -3.62. The van der Waals surface area contributed by atoms with E-state index in [-0.39, 0.29) is 9.92 Å². The minimum absolute atomic E-state index is 0.00654. The summed E-state index contributed by atoms with van der Waals surface area (Å²) in [6.45, 7) is 0. The van der Waals surface area contributed by atoms with Crippen molar-refractivity contribution < 1.29 is 8.42 Å². The van der Waals surface area contributed by atoms with E-state index in [0.29, 0.717) is 5.69 Å². The van der Waals surface area contributed by atoms with Crippen LogP contribution in [-0.4, -0.2) is 27.5 Å². The van der Waals surface area contributed by atoms with E-state index in [9.17, 15) is 8.42 Å². The lowest BCUT2D eigenvalue weighted by Gasteiger charge is -2.13. The summed E-state index contributed by atoms with van der Waals surface area (Å²) >= 11 is 5.78. The van der Waals surface area contributed by atoms with E-state index in [0.717, 1.165) is 0 Å². The number of nitrogen functional groups attached to an aromatic ring is 1. The lowest BCUT2D eigenvalue weighted by Crippen LogP contribution is -2.36. The van der Waals surface area contributed by atoms with Crippen molar-refractivity contribution >= 4 is 27.3 Å². The summed E-state index contributed by atoms with van der Waals surface area (Å²) in [5, 5.41) is 1.42. The van der Waals surface area contributed by atoms with Crippen LogP contribution in [-0.2, 0) is 10.0 Å². The Kier molecular flexibility index (Phi) is 3.56. The van der Waals surface area contributed by atoms with Crippen molar-refractivity contribution in [2.24, 2.45) is 0 Å². The summed E-state index contributed by atoms with van der Waals surface area (Å²) < 4.78 is 23.4. The Morgan fingerprint density at radius 3 is 2.47 bits per heavy atom. The maximum absolute atomic E-state index is 11.7. The molecule has 1 aromatic rings. The highest BCUT2D eigenvalue weighted by Crippen LogP contribution is 2.23. The van der Waals surface area contributed by atoms with Gasteiger partial charge in [-0.05, 0) is 18.2 Å². The number of halogens is 1. The third-order valence-corrected chi connectivity index (χ3v) is 3.51. The first-order chi connectivity index (χ1) is 6.83. The van der Waals surface area contributed by atoms with E-state index in [1.807, 2.05) is 0 Å².